The van der Waals surface area contributed by atoms with E-state index in [1.165, 1.54) is 6.92 Å². The molecule has 108 valence electrons. The highest BCUT2D eigenvalue weighted by atomic mass is 16.3. The van der Waals surface area contributed by atoms with Crippen molar-refractivity contribution < 1.29 is 33.9 Å². The molecule has 1 fully saturated rings. The lowest BCUT2D eigenvalue weighted by atomic mass is 9.70. The molecule has 1 aliphatic carbocycles. The largest absolute Gasteiger partial charge is 0.396 e. The lowest BCUT2D eigenvalue weighted by molar-refractivity contribution is -0.153. The van der Waals surface area contributed by atoms with Gasteiger partial charge in [-0.15, -0.1) is 0 Å². The first-order valence-electron chi connectivity index (χ1n) is 6.04. The van der Waals surface area contributed by atoms with Gasteiger partial charge < -0.3 is 14.7 Å². The van der Waals surface area contributed by atoms with Crippen LogP contribution in [0.1, 0.15) is 13.3 Å². The molecule has 0 bridgehead atoms. The predicted molar refractivity (Wildman–Crippen MR) is 63.5 cm³/mol. The predicted octanol–water partition coefficient (Wildman–Crippen LogP) is -1.46. The summed E-state index contributed by atoms with van der Waals surface area (Å²) in [6, 6.07) is 0. The standard InChI is InChI=1S/C13H14O7/c1-6(3-14)2-9(17)10-12(19)7(4-15)11(18)8(5-16)13(10)20/h4-8,10,14H,2-3H2,1H3. The van der Waals surface area contributed by atoms with Gasteiger partial charge in [0.1, 0.15) is 30.3 Å². The van der Waals surface area contributed by atoms with Gasteiger partial charge in [-0.3, -0.25) is 19.2 Å². The summed E-state index contributed by atoms with van der Waals surface area (Å²) < 4.78 is 0. The zero-order chi connectivity index (χ0) is 15.4. The van der Waals surface area contributed by atoms with Crippen molar-refractivity contribution in [1.29, 1.82) is 0 Å². The first-order valence-corrected chi connectivity index (χ1v) is 6.04. The Labute approximate surface area is 114 Å². The van der Waals surface area contributed by atoms with E-state index >= 15 is 0 Å². The molecule has 3 atom stereocenters. The van der Waals surface area contributed by atoms with Gasteiger partial charge in [0.2, 0.25) is 0 Å². The molecule has 7 nitrogen and oxygen atoms in total. The molecule has 0 spiro atoms. The maximum Gasteiger partial charge on any atom is 0.168 e. The van der Waals surface area contributed by atoms with E-state index in [0.717, 1.165) is 0 Å². The average molecular weight is 282 g/mol. The van der Waals surface area contributed by atoms with E-state index in [9.17, 15) is 28.8 Å². The molecule has 0 heterocycles. The van der Waals surface area contributed by atoms with E-state index in [4.69, 9.17) is 5.11 Å². The average Bonchev–Trinajstić information content (AvgIpc) is 2.39. The maximum atomic E-state index is 11.9. The number of ketones is 4. The third-order valence-corrected chi connectivity index (χ3v) is 3.25. The van der Waals surface area contributed by atoms with Crippen LogP contribution in [0.2, 0.25) is 0 Å². The fourth-order valence-corrected chi connectivity index (χ4v) is 2.08. The van der Waals surface area contributed by atoms with E-state index < -0.39 is 46.8 Å². The molecule has 1 saturated carbocycles. The summed E-state index contributed by atoms with van der Waals surface area (Å²) in [7, 11) is 0. The molecular weight excluding hydrogens is 268 g/mol. The summed E-state index contributed by atoms with van der Waals surface area (Å²) in [4.78, 5) is 68.8. The number of aliphatic hydroxyl groups excluding tert-OH is 1. The Kier molecular flexibility index (Phi) is 5.15. The third kappa shape index (κ3) is 2.77. The molecule has 1 N–H and O–H groups in total. The molecule has 1 rings (SSSR count). The zero-order valence-corrected chi connectivity index (χ0v) is 10.8. The van der Waals surface area contributed by atoms with Crippen molar-refractivity contribution >= 4 is 35.7 Å². The van der Waals surface area contributed by atoms with Gasteiger partial charge in [0.05, 0.1) is 0 Å². The van der Waals surface area contributed by atoms with Crippen LogP contribution in [0.25, 0.3) is 0 Å². The minimum atomic E-state index is -1.77. The minimum Gasteiger partial charge on any atom is -0.396 e. The van der Waals surface area contributed by atoms with Gasteiger partial charge in [0.25, 0.3) is 0 Å². The summed E-state index contributed by atoms with van der Waals surface area (Å²) in [6.07, 6.45) is -0.156. The van der Waals surface area contributed by atoms with Crippen molar-refractivity contribution in [3.63, 3.8) is 0 Å². The van der Waals surface area contributed by atoms with Crippen molar-refractivity contribution in [2.75, 3.05) is 6.61 Å². The molecule has 0 saturated heterocycles. The lowest BCUT2D eigenvalue weighted by Crippen LogP contribution is -2.52. The van der Waals surface area contributed by atoms with Crippen molar-refractivity contribution in [1.82, 2.24) is 0 Å². The molecule has 20 heavy (non-hydrogen) atoms. The first kappa shape index (κ1) is 16.0. The molecule has 1 aliphatic rings. The second kappa shape index (κ2) is 6.42. The maximum absolute atomic E-state index is 11.9. The van der Waals surface area contributed by atoms with Crippen LogP contribution in [0, 0.1) is 23.7 Å². The number of aldehydes is 2. The molecule has 0 aliphatic heterocycles. The van der Waals surface area contributed by atoms with Gasteiger partial charge in [-0.1, -0.05) is 6.92 Å². The highest BCUT2D eigenvalue weighted by molar-refractivity contribution is 6.38. The molecule has 0 amide bonds. The first-order chi connectivity index (χ1) is 9.38. The van der Waals surface area contributed by atoms with E-state index in [1.54, 1.807) is 0 Å². The van der Waals surface area contributed by atoms with Gasteiger partial charge in [0, 0.05) is 13.0 Å². The van der Waals surface area contributed by atoms with Crippen LogP contribution in [0.15, 0.2) is 0 Å². The van der Waals surface area contributed by atoms with Crippen LogP contribution in [-0.4, -0.2) is 47.4 Å². The molecule has 0 radical (unpaired) electrons. The van der Waals surface area contributed by atoms with Crippen molar-refractivity contribution in [3.05, 3.63) is 0 Å². The van der Waals surface area contributed by atoms with Gasteiger partial charge >= 0.3 is 0 Å². The number of aliphatic hydroxyl groups is 1. The molecule has 7 heteroatoms. The molecule has 0 aromatic rings. The monoisotopic (exact) mass is 282 g/mol. The van der Waals surface area contributed by atoms with Crippen molar-refractivity contribution in [2.24, 2.45) is 23.7 Å². The number of rotatable bonds is 6. The molecular formula is C13H14O7. The van der Waals surface area contributed by atoms with Crippen LogP contribution in [0.5, 0.6) is 0 Å². The number of hydrogen-bond donors (Lipinski definition) is 1. The Morgan fingerprint density at radius 3 is 1.90 bits per heavy atom. The Balaban J connectivity index is 3.10. The smallest absolute Gasteiger partial charge is 0.168 e. The SMILES string of the molecule is CC(CO)CC(=O)C1C(=O)C(C=O)C(=O)C(C=O)C1=O. The molecule has 0 aromatic heterocycles. The van der Waals surface area contributed by atoms with Crippen molar-refractivity contribution in [2.45, 2.75) is 13.3 Å². The summed E-state index contributed by atoms with van der Waals surface area (Å²) in [6.45, 7) is 1.23. The minimum absolute atomic E-state index is 0.0450. The quantitative estimate of drug-likeness (QED) is 0.466. The highest BCUT2D eigenvalue weighted by Crippen LogP contribution is 2.25. The van der Waals surface area contributed by atoms with E-state index in [1.807, 2.05) is 0 Å². The van der Waals surface area contributed by atoms with E-state index in [2.05, 4.69) is 0 Å². The Hall–Kier alpha value is -2.02. The Bertz CT molecular complexity index is 449. The highest BCUT2D eigenvalue weighted by Gasteiger charge is 2.51. The number of carbonyl (C=O) groups excluding carboxylic acids is 6. The van der Waals surface area contributed by atoms with Gasteiger partial charge in [-0.25, -0.2) is 0 Å². The fraction of sp³-hybridized carbons (Fsp3) is 0.538. The lowest BCUT2D eigenvalue weighted by Gasteiger charge is -2.25. The summed E-state index contributed by atoms with van der Waals surface area (Å²) >= 11 is 0. The fourth-order valence-electron chi connectivity index (χ4n) is 2.08. The van der Waals surface area contributed by atoms with Crippen LogP contribution in [-0.2, 0) is 28.8 Å². The second-order valence-electron chi connectivity index (χ2n) is 4.83. The van der Waals surface area contributed by atoms with Crippen LogP contribution in [0.4, 0.5) is 0 Å². The van der Waals surface area contributed by atoms with Crippen molar-refractivity contribution in [3.8, 4) is 0 Å². The van der Waals surface area contributed by atoms with Crippen LogP contribution in [0.3, 0.4) is 0 Å². The third-order valence-electron chi connectivity index (χ3n) is 3.25. The Morgan fingerprint density at radius 1 is 1.10 bits per heavy atom. The number of Topliss-reactive ketones (excluding diaryl/α,β-unsaturated/α-hetero) is 4. The summed E-state index contributed by atoms with van der Waals surface area (Å²) in [5.41, 5.74) is 0. The van der Waals surface area contributed by atoms with Crippen LogP contribution >= 0.6 is 0 Å². The van der Waals surface area contributed by atoms with Crippen LogP contribution < -0.4 is 0 Å². The summed E-state index contributed by atoms with van der Waals surface area (Å²) in [5.74, 6) is -9.76. The summed E-state index contributed by atoms with van der Waals surface area (Å²) in [5, 5.41) is 8.86. The van der Waals surface area contributed by atoms with E-state index in [0.29, 0.717) is 0 Å². The van der Waals surface area contributed by atoms with Gasteiger partial charge in [0.15, 0.2) is 23.1 Å². The number of carbonyl (C=O) groups is 6. The molecule has 3 unspecified atom stereocenters. The molecule has 0 aromatic carbocycles. The second-order valence-corrected chi connectivity index (χ2v) is 4.83. The Morgan fingerprint density at radius 2 is 1.55 bits per heavy atom. The normalized spacial score (nSPS) is 28.1. The topological polar surface area (TPSA) is 123 Å². The number of hydrogen-bond acceptors (Lipinski definition) is 7. The van der Waals surface area contributed by atoms with Gasteiger partial charge in [-0.2, -0.15) is 0 Å². The van der Waals surface area contributed by atoms with Gasteiger partial charge in [-0.05, 0) is 5.92 Å². The zero-order valence-electron chi connectivity index (χ0n) is 10.8. The van der Waals surface area contributed by atoms with E-state index in [-0.39, 0.29) is 25.6 Å².